The molecule has 106 valence electrons. The van der Waals surface area contributed by atoms with Gasteiger partial charge in [0.15, 0.2) is 5.76 Å². The van der Waals surface area contributed by atoms with Gasteiger partial charge < -0.3 is 9.52 Å². The number of hydrogen-bond donors (Lipinski definition) is 1. The third kappa shape index (κ3) is 3.34. The zero-order chi connectivity index (χ0) is 14.7. The van der Waals surface area contributed by atoms with Crippen LogP contribution in [-0.2, 0) is 5.75 Å². The molecule has 0 saturated heterocycles. The van der Waals surface area contributed by atoms with Crippen molar-refractivity contribution in [2.45, 2.75) is 10.6 Å². The molecule has 0 aliphatic rings. The Morgan fingerprint density at radius 3 is 2.86 bits per heavy atom. The molecule has 0 radical (unpaired) electrons. The Morgan fingerprint density at radius 1 is 1.33 bits per heavy atom. The average molecular weight is 317 g/mol. The number of benzene rings is 1. The van der Waals surface area contributed by atoms with E-state index in [-0.39, 0.29) is 5.56 Å². The number of thioether (sulfide) groups is 1. The van der Waals surface area contributed by atoms with Crippen LogP contribution < -0.4 is 0 Å². The minimum absolute atomic E-state index is 0.137. The number of carbonyl (C=O) groups is 1. The van der Waals surface area contributed by atoms with Crippen molar-refractivity contribution in [2.24, 2.45) is 0 Å². The maximum absolute atomic E-state index is 10.8. The van der Waals surface area contributed by atoms with Crippen molar-refractivity contribution in [3.05, 3.63) is 58.6 Å². The number of thiazole rings is 1. The SMILES string of the molecule is O=C(O)c1coc(-c2csc(CSc3ccccc3)n2)c1. The molecule has 6 heteroatoms. The maximum Gasteiger partial charge on any atom is 0.338 e. The molecule has 2 aromatic heterocycles. The van der Waals surface area contributed by atoms with E-state index >= 15 is 0 Å². The first-order chi connectivity index (χ1) is 10.2. The van der Waals surface area contributed by atoms with E-state index in [1.54, 1.807) is 23.1 Å². The largest absolute Gasteiger partial charge is 0.478 e. The minimum Gasteiger partial charge on any atom is -0.478 e. The van der Waals surface area contributed by atoms with Crippen molar-refractivity contribution in [3.63, 3.8) is 0 Å². The smallest absolute Gasteiger partial charge is 0.338 e. The molecule has 1 aromatic carbocycles. The zero-order valence-electron chi connectivity index (χ0n) is 10.9. The van der Waals surface area contributed by atoms with Gasteiger partial charge >= 0.3 is 5.97 Å². The molecule has 21 heavy (non-hydrogen) atoms. The van der Waals surface area contributed by atoms with E-state index in [1.807, 2.05) is 23.6 Å². The van der Waals surface area contributed by atoms with Gasteiger partial charge in [0.25, 0.3) is 0 Å². The summed E-state index contributed by atoms with van der Waals surface area (Å²) >= 11 is 3.26. The van der Waals surface area contributed by atoms with Gasteiger partial charge in [0.2, 0.25) is 0 Å². The quantitative estimate of drug-likeness (QED) is 0.707. The van der Waals surface area contributed by atoms with Crippen molar-refractivity contribution in [1.29, 1.82) is 0 Å². The number of hydrogen-bond acceptors (Lipinski definition) is 5. The minimum atomic E-state index is -1.000. The van der Waals surface area contributed by atoms with Crippen molar-refractivity contribution in [1.82, 2.24) is 4.98 Å². The van der Waals surface area contributed by atoms with Crippen LogP contribution in [0.15, 0.2) is 57.4 Å². The second kappa shape index (κ2) is 6.15. The van der Waals surface area contributed by atoms with Crippen LogP contribution in [0.25, 0.3) is 11.5 Å². The number of furan rings is 1. The molecule has 4 nitrogen and oxygen atoms in total. The number of aromatic nitrogens is 1. The molecule has 0 fully saturated rings. The molecular formula is C15H11NO3S2. The summed E-state index contributed by atoms with van der Waals surface area (Å²) in [6.07, 6.45) is 1.23. The molecule has 0 aliphatic heterocycles. The topological polar surface area (TPSA) is 63.3 Å². The first-order valence-electron chi connectivity index (χ1n) is 6.17. The highest BCUT2D eigenvalue weighted by Gasteiger charge is 2.12. The van der Waals surface area contributed by atoms with Crippen LogP contribution >= 0.6 is 23.1 Å². The van der Waals surface area contributed by atoms with E-state index in [9.17, 15) is 4.79 Å². The highest BCUT2D eigenvalue weighted by atomic mass is 32.2. The lowest BCUT2D eigenvalue weighted by atomic mass is 10.3. The number of carboxylic acid groups (broad SMARTS) is 1. The maximum atomic E-state index is 10.8. The molecule has 3 aromatic rings. The second-order valence-electron chi connectivity index (χ2n) is 4.23. The Kier molecular flexibility index (Phi) is 4.08. The van der Waals surface area contributed by atoms with Gasteiger partial charge in [0.1, 0.15) is 17.0 Å². The molecule has 0 atom stereocenters. The molecule has 3 rings (SSSR count). The molecule has 0 amide bonds. The lowest BCUT2D eigenvalue weighted by molar-refractivity contribution is 0.0696. The van der Waals surface area contributed by atoms with E-state index in [0.717, 1.165) is 10.8 Å². The average Bonchev–Trinajstić information content (AvgIpc) is 3.15. The lowest BCUT2D eigenvalue weighted by Gasteiger charge is -1.97. The van der Waals surface area contributed by atoms with E-state index in [1.165, 1.54) is 17.2 Å². The number of nitrogens with zero attached hydrogens (tertiary/aromatic N) is 1. The summed E-state index contributed by atoms with van der Waals surface area (Å²) in [4.78, 5) is 16.5. The Labute approximate surface area is 129 Å². The van der Waals surface area contributed by atoms with Crippen molar-refractivity contribution in [3.8, 4) is 11.5 Å². The fraction of sp³-hybridized carbons (Fsp3) is 0.0667. The second-order valence-corrected chi connectivity index (χ2v) is 6.22. The summed E-state index contributed by atoms with van der Waals surface area (Å²) in [5.41, 5.74) is 0.814. The van der Waals surface area contributed by atoms with Crippen LogP contribution in [0.3, 0.4) is 0 Å². The highest BCUT2D eigenvalue weighted by molar-refractivity contribution is 7.98. The van der Waals surface area contributed by atoms with E-state index < -0.39 is 5.97 Å². The fourth-order valence-electron chi connectivity index (χ4n) is 1.73. The highest BCUT2D eigenvalue weighted by Crippen LogP contribution is 2.28. The predicted octanol–water partition coefficient (Wildman–Crippen LogP) is 4.39. The Morgan fingerprint density at radius 2 is 2.14 bits per heavy atom. The van der Waals surface area contributed by atoms with Crippen LogP contribution in [0.5, 0.6) is 0 Å². The standard InChI is InChI=1S/C15H11NO3S2/c17-15(18)10-6-13(19-7-10)12-8-21-14(16-12)9-20-11-4-2-1-3-5-11/h1-8H,9H2,(H,17,18). The van der Waals surface area contributed by atoms with Gasteiger partial charge in [0, 0.05) is 16.3 Å². The summed E-state index contributed by atoms with van der Waals surface area (Å²) in [6.45, 7) is 0. The molecule has 0 saturated carbocycles. The van der Waals surface area contributed by atoms with E-state index in [2.05, 4.69) is 17.1 Å². The van der Waals surface area contributed by atoms with Gasteiger partial charge in [-0.3, -0.25) is 0 Å². The Bertz CT molecular complexity index is 749. The summed E-state index contributed by atoms with van der Waals surface area (Å²) in [5, 5.41) is 11.7. The monoisotopic (exact) mass is 317 g/mol. The molecule has 2 heterocycles. The van der Waals surface area contributed by atoms with Crippen molar-refractivity contribution in [2.75, 3.05) is 0 Å². The van der Waals surface area contributed by atoms with Gasteiger partial charge in [0.05, 0.1) is 11.3 Å². The molecule has 1 N–H and O–H groups in total. The van der Waals surface area contributed by atoms with Crippen molar-refractivity contribution < 1.29 is 14.3 Å². The van der Waals surface area contributed by atoms with Gasteiger partial charge in [-0.2, -0.15) is 0 Å². The lowest BCUT2D eigenvalue weighted by Crippen LogP contribution is -1.91. The predicted molar refractivity (Wildman–Crippen MR) is 82.8 cm³/mol. The zero-order valence-corrected chi connectivity index (χ0v) is 12.5. The third-order valence-corrected chi connectivity index (χ3v) is 4.81. The van der Waals surface area contributed by atoms with Gasteiger partial charge in [-0.05, 0) is 12.1 Å². The molecule has 0 bridgehead atoms. The first-order valence-corrected chi connectivity index (χ1v) is 8.03. The molecule has 0 unspecified atom stereocenters. The first kappa shape index (κ1) is 13.9. The van der Waals surface area contributed by atoms with Crippen LogP contribution in [0.1, 0.15) is 15.4 Å². The van der Waals surface area contributed by atoms with Gasteiger partial charge in [-0.25, -0.2) is 9.78 Å². The van der Waals surface area contributed by atoms with Crippen LogP contribution in [0.2, 0.25) is 0 Å². The van der Waals surface area contributed by atoms with Gasteiger partial charge in [-0.15, -0.1) is 23.1 Å². The molecule has 0 aliphatic carbocycles. The number of aromatic carboxylic acids is 1. The van der Waals surface area contributed by atoms with Gasteiger partial charge in [-0.1, -0.05) is 18.2 Å². The summed E-state index contributed by atoms with van der Waals surface area (Å²) < 4.78 is 5.24. The fourth-order valence-corrected chi connectivity index (χ4v) is 3.46. The van der Waals surface area contributed by atoms with E-state index in [4.69, 9.17) is 9.52 Å². The summed E-state index contributed by atoms with van der Waals surface area (Å²) in [7, 11) is 0. The third-order valence-electron chi connectivity index (χ3n) is 2.76. The normalized spacial score (nSPS) is 10.7. The molecule has 0 spiro atoms. The number of carboxylic acids is 1. The van der Waals surface area contributed by atoms with Crippen LogP contribution in [0, 0.1) is 0 Å². The summed E-state index contributed by atoms with van der Waals surface area (Å²) in [5.74, 6) is 0.265. The Balaban J connectivity index is 1.69. The van der Waals surface area contributed by atoms with Crippen LogP contribution in [0.4, 0.5) is 0 Å². The number of rotatable bonds is 5. The van der Waals surface area contributed by atoms with E-state index in [0.29, 0.717) is 11.5 Å². The van der Waals surface area contributed by atoms with Crippen LogP contribution in [-0.4, -0.2) is 16.1 Å². The Hall–Kier alpha value is -2.05. The summed E-state index contributed by atoms with van der Waals surface area (Å²) in [6, 6.07) is 11.6. The molecular weight excluding hydrogens is 306 g/mol. The van der Waals surface area contributed by atoms with Crippen molar-refractivity contribution >= 4 is 29.1 Å².